The maximum atomic E-state index is 11.0. The summed E-state index contributed by atoms with van der Waals surface area (Å²) in [4.78, 5) is 5.51. The van der Waals surface area contributed by atoms with Crippen molar-refractivity contribution in [2.75, 3.05) is 39.4 Å². The minimum Gasteiger partial charge on any atom is -0.388 e. The zero-order chi connectivity index (χ0) is 34.7. The Balaban J connectivity index is 0.847. The Kier molecular flexibility index (Phi) is 8.95. The first kappa shape index (κ1) is 35.4. The van der Waals surface area contributed by atoms with E-state index in [1.807, 2.05) is 20.8 Å². The second-order valence-electron chi connectivity index (χ2n) is 20.6. The van der Waals surface area contributed by atoms with E-state index in [9.17, 15) is 5.11 Å². The van der Waals surface area contributed by atoms with Gasteiger partial charge in [0.15, 0.2) is 6.29 Å². The summed E-state index contributed by atoms with van der Waals surface area (Å²) in [6, 6.07) is 1.58. The van der Waals surface area contributed by atoms with Crippen LogP contribution in [-0.2, 0) is 18.9 Å². The van der Waals surface area contributed by atoms with Crippen LogP contribution < -0.4 is 0 Å². The van der Waals surface area contributed by atoms with Crippen LogP contribution in [0.2, 0.25) is 0 Å². The number of aliphatic hydroxyl groups is 1. The van der Waals surface area contributed by atoms with E-state index in [4.69, 9.17) is 18.9 Å². The molecule has 7 heteroatoms. The van der Waals surface area contributed by atoms with Gasteiger partial charge in [-0.25, -0.2) is 0 Å². The summed E-state index contributed by atoms with van der Waals surface area (Å²) in [6.07, 6.45) is 20.3. The summed E-state index contributed by atoms with van der Waals surface area (Å²) in [5.41, 5.74) is 0.746. The van der Waals surface area contributed by atoms with E-state index in [1.165, 1.54) is 103 Å². The molecule has 0 aromatic rings. The summed E-state index contributed by atoms with van der Waals surface area (Å²) in [6.45, 7) is 19.7. The van der Waals surface area contributed by atoms with Crippen LogP contribution in [0.3, 0.4) is 0 Å². The number of nitrogens with zero attached hydrogens (tertiary/aromatic N) is 2. The van der Waals surface area contributed by atoms with E-state index in [0.717, 1.165) is 49.9 Å². The average molecular weight is 697 g/mol. The second-order valence-corrected chi connectivity index (χ2v) is 20.6. The highest BCUT2D eigenvalue weighted by molar-refractivity contribution is 5.29. The lowest BCUT2D eigenvalue weighted by atomic mass is 9.46. The van der Waals surface area contributed by atoms with Gasteiger partial charge < -0.3 is 29.0 Å². The lowest BCUT2D eigenvalue weighted by molar-refractivity contribution is -0.248. The molecule has 0 aromatic carbocycles. The highest BCUT2D eigenvalue weighted by atomic mass is 16.7. The fraction of sp³-hybridized carbons (Fsp3) is 1.00. The number of fused-ring (bicyclic) bond motifs is 4. The Morgan fingerprint density at radius 1 is 0.820 bits per heavy atom. The molecular formula is C43H72N2O5. The van der Waals surface area contributed by atoms with Crippen LogP contribution in [0, 0.1) is 45.3 Å². The number of likely N-dealkylation sites (tertiary alicyclic amines) is 1. The van der Waals surface area contributed by atoms with Crippen molar-refractivity contribution >= 4 is 0 Å². The Morgan fingerprint density at radius 2 is 1.58 bits per heavy atom. The first-order valence-electron chi connectivity index (χ1n) is 21.6. The summed E-state index contributed by atoms with van der Waals surface area (Å²) in [5.74, 6) is 3.04. The molecule has 6 aliphatic carbocycles. The predicted molar refractivity (Wildman–Crippen MR) is 196 cm³/mol. The van der Waals surface area contributed by atoms with Crippen molar-refractivity contribution < 1.29 is 24.1 Å². The Bertz CT molecular complexity index is 1240. The van der Waals surface area contributed by atoms with Gasteiger partial charge in [-0.3, -0.25) is 4.90 Å². The quantitative estimate of drug-likeness (QED) is 0.283. The molecule has 0 radical (unpaired) electrons. The fourth-order valence-corrected chi connectivity index (χ4v) is 15.3. The minimum absolute atomic E-state index is 0.00167. The van der Waals surface area contributed by atoms with Gasteiger partial charge in [0.1, 0.15) is 6.10 Å². The summed E-state index contributed by atoms with van der Waals surface area (Å²) in [7, 11) is 0. The van der Waals surface area contributed by atoms with Crippen molar-refractivity contribution in [3.8, 4) is 0 Å². The summed E-state index contributed by atoms with van der Waals surface area (Å²) < 4.78 is 26.6. The molecule has 9 aliphatic rings. The first-order chi connectivity index (χ1) is 23.9. The van der Waals surface area contributed by atoms with Gasteiger partial charge in [0.05, 0.1) is 30.5 Å². The molecule has 0 amide bonds. The first-order valence-corrected chi connectivity index (χ1v) is 21.6. The van der Waals surface area contributed by atoms with Crippen molar-refractivity contribution in [1.29, 1.82) is 0 Å². The molecule has 6 saturated carbocycles. The highest BCUT2D eigenvalue weighted by Crippen LogP contribution is 2.87. The number of ether oxygens (including phenoxy) is 4. The third-order valence-electron chi connectivity index (χ3n) is 17.9. The lowest BCUT2D eigenvalue weighted by Crippen LogP contribution is -2.57. The van der Waals surface area contributed by atoms with Crippen LogP contribution >= 0.6 is 0 Å². The van der Waals surface area contributed by atoms with Gasteiger partial charge in [-0.15, -0.1) is 0 Å². The number of hydrogen-bond acceptors (Lipinski definition) is 7. The van der Waals surface area contributed by atoms with Gasteiger partial charge in [0.25, 0.3) is 0 Å². The van der Waals surface area contributed by atoms with Gasteiger partial charge in [0, 0.05) is 31.8 Å². The van der Waals surface area contributed by atoms with Crippen LogP contribution in [0.1, 0.15) is 138 Å². The van der Waals surface area contributed by atoms with Crippen LogP contribution in [0.25, 0.3) is 0 Å². The Morgan fingerprint density at radius 3 is 2.30 bits per heavy atom. The van der Waals surface area contributed by atoms with E-state index in [2.05, 4.69) is 30.6 Å². The maximum Gasteiger partial charge on any atom is 0.170 e. The molecule has 9 fully saturated rings. The molecule has 3 saturated heterocycles. The Hall–Kier alpha value is -0.280. The zero-order valence-corrected chi connectivity index (χ0v) is 32.7. The number of piperidine rings is 1. The van der Waals surface area contributed by atoms with E-state index >= 15 is 0 Å². The molecule has 3 aliphatic heterocycles. The van der Waals surface area contributed by atoms with Gasteiger partial charge >= 0.3 is 0 Å². The van der Waals surface area contributed by atoms with Crippen molar-refractivity contribution in [1.82, 2.24) is 9.80 Å². The van der Waals surface area contributed by atoms with E-state index in [0.29, 0.717) is 47.0 Å². The minimum atomic E-state index is -0.893. The number of rotatable bonds is 8. The molecule has 7 nitrogen and oxygen atoms in total. The topological polar surface area (TPSA) is 63.6 Å². The standard InChI is InChI=1S/C43H72N2O5/c1-7-47-38(40(4,5)46)33-13-11-31-34(49-33)25-32-30-12-14-35-39(2,3)36(15-18-43(35)27-42(30,43)20-19-41(31,32)6)50-37-26-45(23-24-48-37)29-16-21-44(22-17-29)28-9-8-10-28/h28-38,46H,7-27H2,1-6H3. The van der Waals surface area contributed by atoms with Gasteiger partial charge in [-0.1, -0.05) is 27.2 Å². The lowest BCUT2D eigenvalue weighted by Gasteiger charge is -2.60. The van der Waals surface area contributed by atoms with Crippen LogP contribution in [-0.4, -0.2) is 103 Å². The molecule has 284 valence electrons. The largest absolute Gasteiger partial charge is 0.388 e. The van der Waals surface area contributed by atoms with E-state index in [-0.39, 0.29) is 23.9 Å². The number of morpholine rings is 1. The van der Waals surface area contributed by atoms with Gasteiger partial charge in [-0.05, 0) is 169 Å². The molecule has 12 atom stereocenters. The van der Waals surface area contributed by atoms with Crippen LogP contribution in [0.4, 0.5) is 0 Å². The SMILES string of the molecule is CCOC(C1CCC2C(CC3C4CCC5C(C)(C)C(OC6CN(C7CCN(C8CCC8)CC7)CCO6)CCC56CC46CCC23C)O1)C(C)(C)O. The van der Waals surface area contributed by atoms with Crippen molar-refractivity contribution in [3.63, 3.8) is 0 Å². The molecule has 50 heavy (non-hydrogen) atoms. The normalized spacial score (nSPS) is 48.8. The maximum absolute atomic E-state index is 11.0. The molecular weight excluding hydrogens is 624 g/mol. The molecule has 1 N–H and O–H groups in total. The van der Waals surface area contributed by atoms with E-state index < -0.39 is 5.60 Å². The van der Waals surface area contributed by atoms with Gasteiger partial charge in [-0.2, -0.15) is 0 Å². The highest BCUT2D eigenvalue weighted by Gasteiger charge is 2.80. The number of hydrogen-bond donors (Lipinski definition) is 1. The monoisotopic (exact) mass is 697 g/mol. The molecule has 2 spiro atoms. The summed E-state index contributed by atoms with van der Waals surface area (Å²) in [5, 5.41) is 11.0. The van der Waals surface area contributed by atoms with Crippen LogP contribution in [0.5, 0.6) is 0 Å². The third kappa shape index (κ3) is 5.41. The fourth-order valence-electron chi connectivity index (χ4n) is 15.3. The predicted octanol–water partition coefficient (Wildman–Crippen LogP) is 7.43. The second kappa shape index (κ2) is 12.6. The van der Waals surface area contributed by atoms with Crippen molar-refractivity contribution in [2.45, 2.75) is 186 Å². The Labute approximate surface area is 304 Å². The molecule has 12 unspecified atom stereocenters. The van der Waals surface area contributed by atoms with Crippen LogP contribution in [0.15, 0.2) is 0 Å². The molecule has 0 bridgehead atoms. The zero-order valence-electron chi connectivity index (χ0n) is 32.7. The molecule has 9 rings (SSSR count). The average Bonchev–Trinajstić information content (AvgIpc) is 3.64. The molecule has 3 heterocycles. The smallest absolute Gasteiger partial charge is 0.170 e. The van der Waals surface area contributed by atoms with E-state index in [1.54, 1.807) is 0 Å². The van der Waals surface area contributed by atoms with Crippen molar-refractivity contribution in [3.05, 3.63) is 0 Å². The van der Waals surface area contributed by atoms with Crippen molar-refractivity contribution in [2.24, 2.45) is 45.3 Å². The summed E-state index contributed by atoms with van der Waals surface area (Å²) >= 11 is 0. The molecule has 0 aromatic heterocycles. The third-order valence-corrected chi connectivity index (χ3v) is 17.9. The van der Waals surface area contributed by atoms with Gasteiger partial charge in [0.2, 0.25) is 0 Å².